The number of carbonyl (C=O) groups excluding carboxylic acids is 1. The normalized spacial score (nSPS) is 14.6. The number of aryl methyl sites for hydroxylation is 1. The van der Waals surface area contributed by atoms with E-state index in [4.69, 9.17) is 16.3 Å². The summed E-state index contributed by atoms with van der Waals surface area (Å²) in [5, 5.41) is 3.70. The number of anilines is 2. The molecule has 1 aliphatic heterocycles. The fourth-order valence-electron chi connectivity index (χ4n) is 2.36. The lowest BCUT2D eigenvalue weighted by atomic mass is 10.3. The SMILES string of the molecule is Cc1cc(C(=O)N2CCOCC2)nc(Nc2cccc(Cl)c2)n1. The maximum absolute atomic E-state index is 12.5. The Hall–Kier alpha value is -2.18. The molecule has 0 saturated carbocycles. The van der Waals surface area contributed by atoms with E-state index in [0.717, 1.165) is 11.4 Å². The molecule has 1 saturated heterocycles. The monoisotopic (exact) mass is 332 g/mol. The zero-order valence-corrected chi connectivity index (χ0v) is 13.5. The smallest absolute Gasteiger partial charge is 0.272 e. The molecule has 0 atom stereocenters. The van der Waals surface area contributed by atoms with Gasteiger partial charge in [0.15, 0.2) is 0 Å². The number of aromatic nitrogens is 2. The molecule has 2 heterocycles. The van der Waals surface area contributed by atoms with E-state index in [1.807, 2.05) is 19.1 Å². The Bertz CT molecular complexity index is 717. The first-order chi connectivity index (χ1) is 11.1. The molecule has 23 heavy (non-hydrogen) atoms. The molecular weight excluding hydrogens is 316 g/mol. The molecule has 1 fully saturated rings. The number of amides is 1. The number of ether oxygens (including phenoxy) is 1. The predicted molar refractivity (Wildman–Crippen MR) is 88.2 cm³/mol. The van der Waals surface area contributed by atoms with E-state index in [0.29, 0.717) is 43.0 Å². The first-order valence-electron chi connectivity index (χ1n) is 7.37. The van der Waals surface area contributed by atoms with Crippen LogP contribution in [0, 0.1) is 6.92 Å². The highest BCUT2D eigenvalue weighted by Crippen LogP contribution is 2.19. The first kappa shape index (κ1) is 15.7. The molecule has 1 N–H and O–H groups in total. The standard InChI is InChI=1S/C16H17ClN4O2/c1-11-9-14(15(22)21-5-7-23-8-6-21)20-16(18-11)19-13-4-2-3-12(17)10-13/h2-4,9-10H,5-8H2,1H3,(H,18,19,20). The third-order valence-corrected chi connectivity index (χ3v) is 3.69. The lowest BCUT2D eigenvalue weighted by Gasteiger charge is -2.26. The summed E-state index contributed by atoms with van der Waals surface area (Å²) in [7, 11) is 0. The molecule has 0 aliphatic carbocycles. The lowest BCUT2D eigenvalue weighted by molar-refractivity contribution is 0.0299. The van der Waals surface area contributed by atoms with Crippen molar-refractivity contribution >= 4 is 29.1 Å². The van der Waals surface area contributed by atoms with Crippen LogP contribution in [0.1, 0.15) is 16.2 Å². The van der Waals surface area contributed by atoms with Crippen LogP contribution in [0.15, 0.2) is 30.3 Å². The van der Waals surface area contributed by atoms with E-state index in [9.17, 15) is 4.79 Å². The molecule has 0 bridgehead atoms. The molecule has 0 spiro atoms. The Morgan fingerprint density at radius 1 is 1.26 bits per heavy atom. The minimum Gasteiger partial charge on any atom is -0.378 e. The Labute approximate surface area is 139 Å². The van der Waals surface area contributed by atoms with Gasteiger partial charge in [-0.3, -0.25) is 4.79 Å². The van der Waals surface area contributed by atoms with E-state index >= 15 is 0 Å². The molecule has 7 heteroatoms. The molecule has 1 aromatic heterocycles. The van der Waals surface area contributed by atoms with Crippen molar-refractivity contribution < 1.29 is 9.53 Å². The molecule has 2 aromatic rings. The van der Waals surface area contributed by atoms with Crippen LogP contribution in [-0.4, -0.2) is 47.1 Å². The minimum absolute atomic E-state index is 0.104. The number of rotatable bonds is 3. The Morgan fingerprint density at radius 2 is 2.04 bits per heavy atom. The second kappa shape index (κ2) is 6.93. The average Bonchev–Trinajstić information content (AvgIpc) is 2.54. The predicted octanol–water partition coefficient (Wildman–Crippen LogP) is 2.65. The molecule has 0 radical (unpaired) electrons. The van der Waals surface area contributed by atoms with Crippen molar-refractivity contribution in [1.82, 2.24) is 14.9 Å². The topological polar surface area (TPSA) is 67.4 Å². The van der Waals surface area contributed by atoms with E-state index in [1.54, 1.807) is 23.1 Å². The maximum Gasteiger partial charge on any atom is 0.272 e. The van der Waals surface area contributed by atoms with Crippen molar-refractivity contribution in [3.8, 4) is 0 Å². The Morgan fingerprint density at radius 3 is 2.78 bits per heavy atom. The van der Waals surface area contributed by atoms with Gasteiger partial charge in [-0.25, -0.2) is 9.97 Å². The molecule has 1 amide bonds. The second-order valence-electron chi connectivity index (χ2n) is 5.26. The summed E-state index contributed by atoms with van der Waals surface area (Å²) in [5.41, 5.74) is 1.87. The molecule has 6 nitrogen and oxygen atoms in total. The number of nitrogens with one attached hydrogen (secondary N) is 1. The van der Waals surface area contributed by atoms with Crippen LogP contribution in [-0.2, 0) is 4.74 Å². The van der Waals surface area contributed by atoms with Gasteiger partial charge in [-0.1, -0.05) is 17.7 Å². The molecule has 3 rings (SSSR count). The highest BCUT2D eigenvalue weighted by Gasteiger charge is 2.20. The van der Waals surface area contributed by atoms with Gasteiger partial charge < -0.3 is 15.0 Å². The summed E-state index contributed by atoms with van der Waals surface area (Å²) in [4.78, 5) is 22.9. The van der Waals surface area contributed by atoms with Gasteiger partial charge in [-0.2, -0.15) is 0 Å². The first-order valence-corrected chi connectivity index (χ1v) is 7.75. The summed E-state index contributed by atoms with van der Waals surface area (Å²) in [6, 6.07) is 8.95. The van der Waals surface area contributed by atoms with E-state index in [1.165, 1.54) is 0 Å². The largest absolute Gasteiger partial charge is 0.378 e. The van der Waals surface area contributed by atoms with Crippen molar-refractivity contribution in [2.24, 2.45) is 0 Å². The summed E-state index contributed by atoms with van der Waals surface area (Å²) in [6.45, 7) is 4.12. The van der Waals surface area contributed by atoms with Crippen molar-refractivity contribution in [3.05, 3.63) is 46.7 Å². The van der Waals surface area contributed by atoms with Gasteiger partial charge in [-0.05, 0) is 31.2 Å². The van der Waals surface area contributed by atoms with Gasteiger partial charge in [-0.15, -0.1) is 0 Å². The number of hydrogen-bond acceptors (Lipinski definition) is 5. The van der Waals surface area contributed by atoms with E-state index in [2.05, 4.69) is 15.3 Å². The van der Waals surface area contributed by atoms with Gasteiger partial charge >= 0.3 is 0 Å². The van der Waals surface area contributed by atoms with Crippen molar-refractivity contribution in [3.63, 3.8) is 0 Å². The number of halogens is 1. The van der Waals surface area contributed by atoms with Gasteiger partial charge in [0.25, 0.3) is 5.91 Å². The van der Waals surface area contributed by atoms with E-state index < -0.39 is 0 Å². The third kappa shape index (κ3) is 3.97. The Balaban J connectivity index is 1.82. The van der Waals surface area contributed by atoms with Gasteiger partial charge in [0.1, 0.15) is 5.69 Å². The highest BCUT2D eigenvalue weighted by molar-refractivity contribution is 6.30. The number of hydrogen-bond donors (Lipinski definition) is 1. The minimum atomic E-state index is -0.104. The number of benzene rings is 1. The van der Waals surface area contributed by atoms with Gasteiger partial charge in [0.2, 0.25) is 5.95 Å². The second-order valence-corrected chi connectivity index (χ2v) is 5.69. The fourth-order valence-corrected chi connectivity index (χ4v) is 2.55. The van der Waals surface area contributed by atoms with Crippen LogP contribution < -0.4 is 5.32 Å². The molecule has 1 aromatic carbocycles. The van der Waals surface area contributed by atoms with Crippen molar-refractivity contribution in [2.75, 3.05) is 31.6 Å². The fraction of sp³-hybridized carbons (Fsp3) is 0.312. The zero-order chi connectivity index (χ0) is 16.2. The van der Waals surface area contributed by atoms with E-state index in [-0.39, 0.29) is 5.91 Å². The van der Waals surface area contributed by atoms with Crippen LogP contribution in [0.4, 0.5) is 11.6 Å². The molecule has 1 aliphatic rings. The van der Waals surface area contributed by atoms with Crippen LogP contribution in [0.3, 0.4) is 0 Å². The lowest BCUT2D eigenvalue weighted by Crippen LogP contribution is -2.41. The molecular formula is C16H17ClN4O2. The zero-order valence-electron chi connectivity index (χ0n) is 12.8. The highest BCUT2D eigenvalue weighted by atomic mass is 35.5. The van der Waals surface area contributed by atoms with Crippen LogP contribution in [0.5, 0.6) is 0 Å². The third-order valence-electron chi connectivity index (χ3n) is 3.45. The Kier molecular flexibility index (Phi) is 4.73. The summed E-state index contributed by atoms with van der Waals surface area (Å²) in [6.07, 6.45) is 0. The van der Waals surface area contributed by atoms with Crippen molar-refractivity contribution in [2.45, 2.75) is 6.92 Å². The number of carbonyl (C=O) groups is 1. The average molecular weight is 333 g/mol. The van der Waals surface area contributed by atoms with Crippen LogP contribution in [0.25, 0.3) is 0 Å². The summed E-state index contributed by atoms with van der Waals surface area (Å²) in [5.74, 6) is 0.275. The molecule has 0 unspecified atom stereocenters. The van der Waals surface area contributed by atoms with Crippen LogP contribution >= 0.6 is 11.6 Å². The van der Waals surface area contributed by atoms with Crippen molar-refractivity contribution in [1.29, 1.82) is 0 Å². The maximum atomic E-state index is 12.5. The van der Waals surface area contributed by atoms with Crippen LogP contribution in [0.2, 0.25) is 5.02 Å². The molecule has 120 valence electrons. The number of nitrogens with zero attached hydrogens (tertiary/aromatic N) is 3. The summed E-state index contributed by atoms with van der Waals surface area (Å²) >= 11 is 5.97. The van der Waals surface area contributed by atoms with Gasteiger partial charge in [0.05, 0.1) is 13.2 Å². The quantitative estimate of drug-likeness (QED) is 0.936. The number of morpholine rings is 1. The summed E-state index contributed by atoms with van der Waals surface area (Å²) < 4.78 is 5.27. The van der Waals surface area contributed by atoms with Gasteiger partial charge in [0, 0.05) is 29.5 Å².